The lowest BCUT2D eigenvalue weighted by atomic mass is 9.85. The molecular formula is C14H23NO3. The number of amides is 1. The minimum atomic E-state index is -0.596. The van der Waals surface area contributed by atoms with E-state index in [1.807, 2.05) is 26.8 Å². The highest BCUT2D eigenvalue weighted by Gasteiger charge is 2.35. The topological polar surface area (TPSA) is 55.4 Å². The van der Waals surface area contributed by atoms with E-state index < -0.39 is 6.04 Å². The third-order valence-electron chi connectivity index (χ3n) is 3.23. The van der Waals surface area contributed by atoms with Crippen molar-refractivity contribution in [1.82, 2.24) is 5.32 Å². The van der Waals surface area contributed by atoms with E-state index in [2.05, 4.69) is 11.4 Å². The molecule has 0 aliphatic heterocycles. The van der Waals surface area contributed by atoms with E-state index in [1.165, 1.54) is 7.11 Å². The van der Waals surface area contributed by atoms with E-state index >= 15 is 0 Å². The maximum absolute atomic E-state index is 12.1. The molecule has 4 nitrogen and oxygen atoms in total. The average Bonchev–Trinajstić information content (AvgIpc) is 2.34. The van der Waals surface area contributed by atoms with Crippen molar-refractivity contribution in [1.29, 1.82) is 0 Å². The molecule has 0 radical (unpaired) electrons. The van der Waals surface area contributed by atoms with Crippen LogP contribution in [0, 0.1) is 11.3 Å². The molecule has 102 valence electrons. The van der Waals surface area contributed by atoms with Crippen LogP contribution in [0.5, 0.6) is 0 Å². The lowest BCUT2D eigenvalue weighted by molar-refractivity contribution is -0.148. The van der Waals surface area contributed by atoms with E-state index in [4.69, 9.17) is 4.74 Å². The molecule has 0 heterocycles. The summed E-state index contributed by atoms with van der Waals surface area (Å²) in [5, 5.41) is 2.83. The van der Waals surface area contributed by atoms with Gasteiger partial charge in [-0.3, -0.25) is 4.79 Å². The van der Waals surface area contributed by atoms with E-state index in [-0.39, 0.29) is 23.2 Å². The second kappa shape index (κ2) is 6.03. The molecule has 0 aromatic heterocycles. The fourth-order valence-corrected chi connectivity index (χ4v) is 2.04. The number of nitrogens with one attached hydrogen (secondary N) is 1. The van der Waals surface area contributed by atoms with Gasteiger partial charge in [0.15, 0.2) is 0 Å². The van der Waals surface area contributed by atoms with Gasteiger partial charge in [0.25, 0.3) is 0 Å². The lowest BCUT2D eigenvalue weighted by Crippen LogP contribution is -2.51. The first-order valence-electron chi connectivity index (χ1n) is 6.39. The molecule has 0 spiro atoms. The summed E-state index contributed by atoms with van der Waals surface area (Å²) in [6.45, 7) is 5.74. The van der Waals surface area contributed by atoms with Crippen molar-refractivity contribution >= 4 is 11.9 Å². The number of rotatable bonds is 3. The molecule has 1 aliphatic carbocycles. The van der Waals surface area contributed by atoms with Crippen LogP contribution in [0.15, 0.2) is 12.2 Å². The van der Waals surface area contributed by atoms with Crippen molar-refractivity contribution in [2.24, 2.45) is 11.3 Å². The molecule has 4 heteroatoms. The zero-order chi connectivity index (χ0) is 13.8. The van der Waals surface area contributed by atoms with Crippen LogP contribution < -0.4 is 5.32 Å². The van der Waals surface area contributed by atoms with E-state index in [1.54, 1.807) is 0 Å². The van der Waals surface area contributed by atoms with Gasteiger partial charge in [-0.25, -0.2) is 4.79 Å². The number of hydrogen-bond acceptors (Lipinski definition) is 3. The number of carbonyl (C=O) groups excluding carboxylic acids is 2. The monoisotopic (exact) mass is 253 g/mol. The summed E-state index contributed by atoms with van der Waals surface area (Å²) in [5.74, 6) is -0.462. The van der Waals surface area contributed by atoms with E-state index in [0.717, 1.165) is 19.3 Å². The van der Waals surface area contributed by atoms with Crippen molar-refractivity contribution in [2.45, 2.75) is 46.1 Å². The summed E-state index contributed by atoms with van der Waals surface area (Å²) in [7, 11) is 1.34. The van der Waals surface area contributed by atoms with E-state index in [0.29, 0.717) is 0 Å². The second-order valence-corrected chi connectivity index (χ2v) is 5.81. The molecule has 0 aromatic carbocycles. The van der Waals surface area contributed by atoms with Gasteiger partial charge in [0.2, 0.25) is 5.91 Å². The van der Waals surface area contributed by atoms with Gasteiger partial charge in [0.1, 0.15) is 6.04 Å². The molecule has 1 N–H and O–H groups in total. The smallest absolute Gasteiger partial charge is 0.328 e. The van der Waals surface area contributed by atoms with Gasteiger partial charge in [-0.15, -0.1) is 0 Å². The molecule has 18 heavy (non-hydrogen) atoms. The molecule has 1 amide bonds. The van der Waals surface area contributed by atoms with Crippen LogP contribution in [0.2, 0.25) is 0 Å². The van der Waals surface area contributed by atoms with Gasteiger partial charge >= 0.3 is 5.97 Å². The number of methoxy groups -OCH3 is 1. The fraction of sp³-hybridized carbons (Fsp3) is 0.714. The molecule has 1 unspecified atom stereocenters. The maximum atomic E-state index is 12.1. The Morgan fingerprint density at radius 2 is 2.00 bits per heavy atom. The highest BCUT2D eigenvalue weighted by molar-refractivity contribution is 5.86. The Labute approximate surface area is 109 Å². The van der Waals surface area contributed by atoms with Gasteiger partial charge in [-0.2, -0.15) is 0 Å². The maximum Gasteiger partial charge on any atom is 0.328 e. The van der Waals surface area contributed by atoms with Crippen LogP contribution in [0.4, 0.5) is 0 Å². The summed E-state index contributed by atoms with van der Waals surface area (Å²) >= 11 is 0. The SMILES string of the molecule is COC(=O)[C@@H](NC(=O)C1CC=CCC1)C(C)(C)C. The molecule has 0 saturated heterocycles. The zero-order valence-corrected chi connectivity index (χ0v) is 11.7. The Bertz CT molecular complexity index is 341. The lowest BCUT2D eigenvalue weighted by Gasteiger charge is -2.30. The molecule has 2 atom stereocenters. The van der Waals surface area contributed by atoms with Crippen LogP contribution in [-0.2, 0) is 14.3 Å². The summed E-state index contributed by atoms with van der Waals surface area (Å²) in [4.78, 5) is 23.8. The van der Waals surface area contributed by atoms with Gasteiger partial charge < -0.3 is 10.1 Å². The molecule has 1 rings (SSSR count). The van der Waals surface area contributed by atoms with Crippen molar-refractivity contribution in [3.8, 4) is 0 Å². The Hall–Kier alpha value is -1.32. The number of hydrogen-bond donors (Lipinski definition) is 1. The van der Waals surface area contributed by atoms with Gasteiger partial charge in [0, 0.05) is 5.92 Å². The zero-order valence-electron chi connectivity index (χ0n) is 11.7. The largest absolute Gasteiger partial charge is 0.467 e. The van der Waals surface area contributed by atoms with Crippen molar-refractivity contribution in [3.05, 3.63) is 12.2 Å². The van der Waals surface area contributed by atoms with Crippen LogP contribution >= 0.6 is 0 Å². The molecule has 0 aromatic rings. The van der Waals surface area contributed by atoms with Gasteiger partial charge in [-0.05, 0) is 24.7 Å². The van der Waals surface area contributed by atoms with Crippen LogP contribution in [-0.4, -0.2) is 25.0 Å². The molecule has 0 bridgehead atoms. The first-order valence-corrected chi connectivity index (χ1v) is 6.39. The van der Waals surface area contributed by atoms with Crippen LogP contribution in [0.1, 0.15) is 40.0 Å². The van der Waals surface area contributed by atoms with E-state index in [9.17, 15) is 9.59 Å². The standard InChI is InChI=1S/C14H23NO3/c1-14(2,3)11(13(17)18-4)15-12(16)10-8-6-5-7-9-10/h5-6,10-11H,7-9H2,1-4H3,(H,15,16)/t10?,11-/m1/s1. The first-order chi connectivity index (χ1) is 8.36. The first kappa shape index (κ1) is 14.7. The average molecular weight is 253 g/mol. The molecule has 1 aliphatic rings. The summed E-state index contributed by atoms with van der Waals surface area (Å²) < 4.78 is 4.76. The van der Waals surface area contributed by atoms with Gasteiger partial charge in [-0.1, -0.05) is 32.9 Å². The molecule has 0 fully saturated rings. The quantitative estimate of drug-likeness (QED) is 0.618. The highest BCUT2D eigenvalue weighted by atomic mass is 16.5. The van der Waals surface area contributed by atoms with Gasteiger partial charge in [0.05, 0.1) is 7.11 Å². The highest BCUT2D eigenvalue weighted by Crippen LogP contribution is 2.23. The number of allylic oxidation sites excluding steroid dienone is 2. The molecular weight excluding hydrogens is 230 g/mol. The normalized spacial score (nSPS) is 21.2. The Kier molecular flexibility index (Phi) is 4.93. The Morgan fingerprint density at radius 1 is 1.33 bits per heavy atom. The minimum Gasteiger partial charge on any atom is -0.467 e. The summed E-state index contributed by atoms with van der Waals surface area (Å²) in [6, 6.07) is -0.596. The summed E-state index contributed by atoms with van der Waals surface area (Å²) in [6.07, 6.45) is 6.64. The number of esters is 1. The third kappa shape index (κ3) is 3.86. The third-order valence-corrected chi connectivity index (χ3v) is 3.23. The van der Waals surface area contributed by atoms with Crippen molar-refractivity contribution < 1.29 is 14.3 Å². The number of carbonyl (C=O) groups is 2. The van der Waals surface area contributed by atoms with Crippen LogP contribution in [0.25, 0.3) is 0 Å². The second-order valence-electron chi connectivity index (χ2n) is 5.81. The fourth-order valence-electron chi connectivity index (χ4n) is 2.04. The minimum absolute atomic E-state index is 0.0236. The van der Waals surface area contributed by atoms with Crippen molar-refractivity contribution in [3.63, 3.8) is 0 Å². The Balaban J connectivity index is 2.68. The molecule has 0 saturated carbocycles. The van der Waals surface area contributed by atoms with Crippen LogP contribution in [0.3, 0.4) is 0 Å². The van der Waals surface area contributed by atoms with Crippen molar-refractivity contribution in [2.75, 3.05) is 7.11 Å². The predicted molar refractivity (Wildman–Crippen MR) is 69.9 cm³/mol. The predicted octanol–water partition coefficient (Wildman–Crippen LogP) is 2.05. The summed E-state index contributed by atoms with van der Waals surface area (Å²) in [5.41, 5.74) is -0.354. The Morgan fingerprint density at radius 3 is 2.44 bits per heavy atom. The number of ether oxygens (including phenoxy) is 1.